The minimum atomic E-state index is -0.593. The van der Waals surface area contributed by atoms with Crippen LogP contribution in [0.15, 0.2) is 55.1 Å². The number of rotatable bonds is 5. The Morgan fingerprint density at radius 3 is 2.48 bits per heavy atom. The van der Waals surface area contributed by atoms with Crippen LogP contribution in [0.1, 0.15) is 15.9 Å². The van der Waals surface area contributed by atoms with Gasteiger partial charge in [0.1, 0.15) is 11.5 Å². The molecule has 0 aliphatic rings. The number of nitrogens with zero attached hydrogens (tertiary/aromatic N) is 5. The van der Waals surface area contributed by atoms with Crippen molar-refractivity contribution in [3.05, 3.63) is 66.2 Å². The molecule has 4 aromatic heterocycles. The molecule has 0 fully saturated rings. The number of ether oxygens (including phenoxy) is 2. The number of nitrogens with one attached hydrogen (secondary N) is 1. The van der Waals surface area contributed by atoms with E-state index in [1.165, 1.54) is 20.4 Å². The molecule has 0 spiro atoms. The molecule has 4 rings (SSSR count). The van der Waals surface area contributed by atoms with Gasteiger partial charge in [0.05, 0.1) is 37.4 Å². The van der Waals surface area contributed by atoms with Gasteiger partial charge in [0.25, 0.3) is 5.91 Å². The fraction of sp³-hybridized carbons (Fsp3) is 0.174. The second-order valence-corrected chi connectivity index (χ2v) is 7.22. The summed E-state index contributed by atoms with van der Waals surface area (Å²) < 4.78 is 11.5. The Morgan fingerprint density at radius 2 is 1.85 bits per heavy atom. The first-order valence-corrected chi connectivity index (χ1v) is 9.98. The molecule has 0 bridgehead atoms. The van der Waals surface area contributed by atoms with Gasteiger partial charge < -0.3 is 14.4 Å². The van der Waals surface area contributed by atoms with E-state index in [2.05, 4.69) is 25.0 Å². The monoisotopic (exact) mass is 446 g/mol. The molecule has 10 heteroatoms. The van der Waals surface area contributed by atoms with Crippen LogP contribution in [-0.2, 0) is 4.74 Å². The second kappa shape index (κ2) is 8.95. The van der Waals surface area contributed by atoms with Crippen LogP contribution in [0.5, 0.6) is 5.88 Å². The zero-order valence-electron chi connectivity index (χ0n) is 18.6. The van der Waals surface area contributed by atoms with E-state index in [0.29, 0.717) is 22.9 Å². The van der Waals surface area contributed by atoms with Crippen molar-refractivity contribution in [3.8, 4) is 17.1 Å². The van der Waals surface area contributed by atoms with Crippen molar-refractivity contribution in [3.63, 3.8) is 0 Å². The summed E-state index contributed by atoms with van der Waals surface area (Å²) in [6.45, 7) is 1.94. The van der Waals surface area contributed by atoms with Gasteiger partial charge in [0.15, 0.2) is 0 Å². The summed E-state index contributed by atoms with van der Waals surface area (Å²) in [5.41, 5.74) is 4.39. The number of anilines is 2. The summed E-state index contributed by atoms with van der Waals surface area (Å²) in [7, 11) is 4.52. The maximum absolute atomic E-state index is 13.0. The van der Waals surface area contributed by atoms with Gasteiger partial charge >= 0.3 is 6.09 Å². The standard InChI is InChI=1S/C23H22N6O4/c1-14-9-17(28(2)22(30)16-6-8-20(32-3)25-11-16)13-29-18(12-26-21(14)29)15-5-7-19(24-10-15)27-23(31)33-4/h5-13H,1-4H3,(H,24,27,31). The van der Waals surface area contributed by atoms with E-state index >= 15 is 0 Å². The number of carbonyl (C=O) groups excluding carboxylic acids is 2. The Labute approximate surface area is 189 Å². The highest BCUT2D eigenvalue weighted by Crippen LogP contribution is 2.27. The molecule has 0 atom stereocenters. The Balaban J connectivity index is 1.67. The van der Waals surface area contributed by atoms with Crippen molar-refractivity contribution >= 4 is 29.2 Å². The molecule has 10 nitrogen and oxygen atoms in total. The summed E-state index contributed by atoms with van der Waals surface area (Å²) >= 11 is 0. The van der Waals surface area contributed by atoms with Gasteiger partial charge in [0.2, 0.25) is 5.88 Å². The van der Waals surface area contributed by atoms with E-state index in [-0.39, 0.29) is 5.91 Å². The number of imidazole rings is 1. The maximum Gasteiger partial charge on any atom is 0.412 e. The molecular formula is C23H22N6O4. The van der Waals surface area contributed by atoms with Crippen LogP contribution in [0.2, 0.25) is 0 Å². The molecule has 0 saturated heterocycles. The van der Waals surface area contributed by atoms with Crippen molar-refractivity contribution in [2.75, 3.05) is 31.5 Å². The lowest BCUT2D eigenvalue weighted by atomic mass is 10.2. The van der Waals surface area contributed by atoms with Gasteiger partial charge in [-0.05, 0) is 36.8 Å². The lowest BCUT2D eigenvalue weighted by Crippen LogP contribution is -2.26. The minimum absolute atomic E-state index is 0.203. The number of pyridine rings is 3. The molecule has 168 valence electrons. The van der Waals surface area contributed by atoms with Crippen LogP contribution in [0.4, 0.5) is 16.3 Å². The molecule has 2 amide bonds. The molecule has 0 radical (unpaired) electrons. The van der Waals surface area contributed by atoms with Crippen LogP contribution in [-0.4, -0.2) is 52.6 Å². The quantitative estimate of drug-likeness (QED) is 0.499. The van der Waals surface area contributed by atoms with Gasteiger partial charge in [-0.3, -0.25) is 14.5 Å². The Hall–Kier alpha value is -4.47. The average molecular weight is 446 g/mol. The van der Waals surface area contributed by atoms with Crippen molar-refractivity contribution in [1.29, 1.82) is 0 Å². The van der Waals surface area contributed by atoms with Gasteiger partial charge in [-0.1, -0.05) is 0 Å². The lowest BCUT2D eigenvalue weighted by Gasteiger charge is -2.19. The third-order valence-corrected chi connectivity index (χ3v) is 5.13. The molecule has 4 aromatic rings. The number of aryl methyl sites for hydroxylation is 1. The first-order chi connectivity index (χ1) is 15.9. The van der Waals surface area contributed by atoms with Crippen LogP contribution in [0, 0.1) is 6.92 Å². The van der Waals surface area contributed by atoms with E-state index in [1.807, 2.05) is 29.7 Å². The molecule has 1 N–H and O–H groups in total. The SMILES string of the molecule is COC(=O)Nc1ccc(-c2cnc3c(C)cc(N(C)C(=O)c4ccc(OC)nc4)cn23)cn1. The first-order valence-electron chi connectivity index (χ1n) is 9.98. The Kier molecular flexibility index (Phi) is 5.90. The van der Waals surface area contributed by atoms with Crippen molar-refractivity contribution in [2.45, 2.75) is 6.92 Å². The number of aromatic nitrogens is 4. The molecule has 0 aromatic carbocycles. The summed E-state index contributed by atoms with van der Waals surface area (Å²) in [6.07, 6.45) is 6.12. The topological polar surface area (TPSA) is 111 Å². The highest BCUT2D eigenvalue weighted by Gasteiger charge is 2.17. The number of amides is 2. The normalized spacial score (nSPS) is 10.7. The maximum atomic E-state index is 13.0. The number of carbonyl (C=O) groups is 2. The highest BCUT2D eigenvalue weighted by atomic mass is 16.5. The fourth-order valence-electron chi connectivity index (χ4n) is 3.35. The lowest BCUT2D eigenvalue weighted by molar-refractivity contribution is 0.0992. The van der Waals surface area contributed by atoms with Crippen LogP contribution in [0.3, 0.4) is 0 Å². The summed E-state index contributed by atoms with van der Waals surface area (Å²) in [5.74, 6) is 0.608. The smallest absolute Gasteiger partial charge is 0.412 e. The van der Waals surface area contributed by atoms with Crippen LogP contribution < -0.4 is 15.0 Å². The average Bonchev–Trinajstić information content (AvgIpc) is 3.28. The van der Waals surface area contributed by atoms with Gasteiger partial charge in [-0.25, -0.2) is 19.7 Å². The van der Waals surface area contributed by atoms with Gasteiger partial charge in [0, 0.05) is 37.3 Å². The molecule has 0 saturated carbocycles. The molecule has 33 heavy (non-hydrogen) atoms. The predicted octanol–water partition coefficient (Wildman–Crippen LogP) is 3.56. The van der Waals surface area contributed by atoms with Crippen molar-refractivity contribution in [2.24, 2.45) is 0 Å². The number of hydrogen-bond acceptors (Lipinski definition) is 7. The van der Waals surface area contributed by atoms with Crippen LogP contribution >= 0.6 is 0 Å². The second-order valence-electron chi connectivity index (χ2n) is 7.22. The molecule has 0 aliphatic heterocycles. The van der Waals surface area contributed by atoms with Gasteiger partial charge in [-0.2, -0.15) is 0 Å². The van der Waals surface area contributed by atoms with Crippen molar-refractivity contribution in [1.82, 2.24) is 19.4 Å². The largest absolute Gasteiger partial charge is 0.481 e. The zero-order valence-corrected chi connectivity index (χ0v) is 18.6. The molecule has 0 unspecified atom stereocenters. The first kappa shape index (κ1) is 21.8. The number of hydrogen-bond donors (Lipinski definition) is 1. The van der Waals surface area contributed by atoms with Crippen LogP contribution in [0.25, 0.3) is 16.9 Å². The highest BCUT2D eigenvalue weighted by molar-refractivity contribution is 6.05. The van der Waals surface area contributed by atoms with E-state index in [0.717, 1.165) is 22.5 Å². The Morgan fingerprint density at radius 1 is 1.03 bits per heavy atom. The third kappa shape index (κ3) is 4.31. The van der Waals surface area contributed by atoms with E-state index in [4.69, 9.17) is 4.74 Å². The van der Waals surface area contributed by atoms with Gasteiger partial charge in [-0.15, -0.1) is 0 Å². The van der Waals surface area contributed by atoms with E-state index < -0.39 is 6.09 Å². The Bertz CT molecular complexity index is 1320. The van der Waals surface area contributed by atoms with E-state index in [1.54, 1.807) is 42.5 Å². The predicted molar refractivity (Wildman–Crippen MR) is 123 cm³/mol. The summed E-state index contributed by atoms with van der Waals surface area (Å²) in [4.78, 5) is 38.8. The summed E-state index contributed by atoms with van der Waals surface area (Å²) in [6, 6.07) is 8.72. The molecule has 0 aliphatic carbocycles. The summed E-state index contributed by atoms with van der Waals surface area (Å²) in [5, 5.41) is 2.52. The number of fused-ring (bicyclic) bond motifs is 1. The van der Waals surface area contributed by atoms with Crippen molar-refractivity contribution < 1.29 is 19.1 Å². The zero-order chi connectivity index (χ0) is 23.5. The fourth-order valence-corrected chi connectivity index (χ4v) is 3.35. The molecular weight excluding hydrogens is 424 g/mol. The van der Waals surface area contributed by atoms with E-state index in [9.17, 15) is 9.59 Å². The molecule has 4 heterocycles. The third-order valence-electron chi connectivity index (χ3n) is 5.13. The number of methoxy groups -OCH3 is 2. The minimum Gasteiger partial charge on any atom is -0.481 e.